The molecular weight excluding hydrogens is 200 g/mol. The van der Waals surface area contributed by atoms with Gasteiger partial charge in [-0.05, 0) is 29.7 Å². The van der Waals surface area contributed by atoms with Crippen molar-refractivity contribution in [2.75, 3.05) is 0 Å². The second-order valence-electron chi connectivity index (χ2n) is 3.67. The summed E-state index contributed by atoms with van der Waals surface area (Å²) in [5.74, 6) is 6.45. The maximum Gasteiger partial charge on any atom is 0.126 e. The van der Waals surface area contributed by atoms with Crippen LogP contribution in [0, 0.1) is 0 Å². The Hall–Kier alpha value is -1.58. The highest BCUT2D eigenvalue weighted by Crippen LogP contribution is 2.24. The Bertz CT molecular complexity index is 437. The molecule has 0 saturated carbocycles. The monoisotopic (exact) mass is 216 g/mol. The molecular formula is C13H16N2O. The molecule has 0 aliphatic carbocycles. The van der Waals surface area contributed by atoms with Crippen LogP contribution < -0.4 is 11.3 Å². The third-order valence-electron chi connectivity index (χ3n) is 2.74. The lowest BCUT2D eigenvalue weighted by Gasteiger charge is -2.17. The minimum Gasteiger partial charge on any atom is -0.467 e. The smallest absolute Gasteiger partial charge is 0.126 e. The van der Waals surface area contributed by atoms with Gasteiger partial charge in [0.2, 0.25) is 0 Å². The maximum atomic E-state index is 5.61. The Morgan fingerprint density at radius 2 is 2.06 bits per heavy atom. The van der Waals surface area contributed by atoms with Gasteiger partial charge in [-0.3, -0.25) is 5.84 Å². The van der Waals surface area contributed by atoms with Gasteiger partial charge in [0.15, 0.2) is 0 Å². The topological polar surface area (TPSA) is 51.2 Å². The summed E-state index contributed by atoms with van der Waals surface area (Å²) in [5, 5.41) is 0. The minimum atomic E-state index is -0.0776. The van der Waals surface area contributed by atoms with E-state index in [1.807, 2.05) is 24.3 Å². The van der Waals surface area contributed by atoms with Gasteiger partial charge in [0.1, 0.15) is 11.8 Å². The third kappa shape index (κ3) is 2.01. The van der Waals surface area contributed by atoms with Gasteiger partial charge in [-0.15, -0.1) is 0 Å². The maximum absolute atomic E-state index is 5.61. The van der Waals surface area contributed by atoms with Crippen LogP contribution in [0.15, 0.2) is 47.1 Å². The predicted octanol–water partition coefficient (Wildman–Crippen LogP) is 2.39. The van der Waals surface area contributed by atoms with E-state index in [4.69, 9.17) is 10.3 Å². The number of aryl methyl sites for hydroxylation is 1. The number of hydrogen-bond donors (Lipinski definition) is 2. The van der Waals surface area contributed by atoms with Crippen molar-refractivity contribution in [1.29, 1.82) is 0 Å². The number of nitrogens with two attached hydrogens (primary N) is 1. The number of nitrogens with one attached hydrogen (secondary N) is 1. The van der Waals surface area contributed by atoms with Crippen LogP contribution in [0.3, 0.4) is 0 Å². The molecule has 1 aromatic carbocycles. The molecule has 0 aliphatic heterocycles. The number of benzene rings is 1. The van der Waals surface area contributed by atoms with E-state index in [9.17, 15) is 0 Å². The molecule has 2 aromatic rings. The van der Waals surface area contributed by atoms with Gasteiger partial charge in [0.25, 0.3) is 0 Å². The third-order valence-corrected chi connectivity index (χ3v) is 2.74. The van der Waals surface area contributed by atoms with E-state index in [-0.39, 0.29) is 6.04 Å². The van der Waals surface area contributed by atoms with E-state index >= 15 is 0 Å². The summed E-state index contributed by atoms with van der Waals surface area (Å²) in [6.45, 7) is 2.13. The molecule has 1 unspecified atom stereocenters. The van der Waals surface area contributed by atoms with Gasteiger partial charge in [-0.25, -0.2) is 5.43 Å². The average Bonchev–Trinajstić information content (AvgIpc) is 2.84. The average molecular weight is 216 g/mol. The summed E-state index contributed by atoms with van der Waals surface area (Å²) in [6, 6.07) is 12.0. The summed E-state index contributed by atoms with van der Waals surface area (Å²) in [6.07, 6.45) is 2.64. The van der Waals surface area contributed by atoms with Crippen LogP contribution >= 0.6 is 0 Å². The molecule has 0 aliphatic rings. The van der Waals surface area contributed by atoms with Gasteiger partial charge in [0, 0.05) is 0 Å². The zero-order valence-electron chi connectivity index (χ0n) is 9.31. The highest BCUT2D eigenvalue weighted by Gasteiger charge is 2.17. The summed E-state index contributed by atoms with van der Waals surface area (Å²) in [5.41, 5.74) is 5.25. The van der Waals surface area contributed by atoms with E-state index in [1.54, 1.807) is 6.26 Å². The summed E-state index contributed by atoms with van der Waals surface area (Å²) < 4.78 is 5.40. The fourth-order valence-corrected chi connectivity index (χ4v) is 1.92. The van der Waals surface area contributed by atoms with Crippen molar-refractivity contribution in [3.8, 4) is 0 Å². The highest BCUT2D eigenvalue weighted by atomic mass is 16.3. The molecule has 16 heavy (non-hydrogen) atoms. The highest BCUT2D eigenvalue weighted by molar-refractivity contribution is 5.34. The molecule has 0 radical (unpaired) electrons. The molecule has 0 amide bonds. The molecule has 1 atom stereocenters. The van der Waals surface area contributed by atoms with Crippen LogP contribution in [0.25, 0.3) is 0 Å². The standard InChI is InChI=1S/C13H16N2O/c1-2-10-6-3-4-7-11(10)13(15-14)12-8-5-9-16-12/h3-9,13,15H,2,14H2,1H3. The number of hydrogen-bond acceptors (Lipinski definition) is 3. The quantitative estimate of drug-likeness (QED) is 0.609. The number of rotatable bonds is 4. The summed E-state index contributed by atoms with van der Waals surface area (Å²) >= 11 is 0. The van der Waals surface area contributed by atoms with E-state index in [0.717, 1.165) is 12.2 Å². The van der Waals surface area contributed by atoms with E-state index in [1.165, 1.54) is 11.1 Å². The minimum absolute atomic E-state index is 0.0776. The molecule has 0 fully saturated rings. The number of furan rings is 1. The fourth-order valence-electron chi connectivity index (χ4n) is 1.92. The Morgan fingerprint density at radius 1 is 1.25 bits per heavy atom. The lowest BCUT2D eigenvalue weighted by Crippen LogP contribution is -2.29. The van der Waals surface area contributed by atoms with E-state index < -0.39 is 0 Å². The molecule has 0 bridgehead atoms. The first-order chi connectivity index (χ1) is 7.86. The van der Waals surface area contributed by atoms with Gasteiger partial charge in [0.05, 0.1) is 6.26 Å². The van der Waals surface area contributed by atoms with Gasteiger partial charge >= 0.3 is 0 Å². The second kappa shape index (κ2) is 4.96. The first-order valence-electron chi connectivity index (χ1n) is 5.44. The van der Waals surface area contributed by atoms with E-state index in [0.29, 0.717) is 0 Å². The largest absolute Gasteiger partial charge is 0.467 e. The van der Waals surface area contributed by atoms with Crippen LogP contribution in [-0.4, -0.2) is 0 Å². The normalized spacial score (nSPS) is 12.6. The molecule has 0 spiro atoms. The fraction of sp³-hybridized carbons (Fsp3) is 0.231. The van der Waals surface area contributed by atoms with Crippen LogP contribution in [0.5, 0.6) is 0 Å². The van der Waals surface area contributed by atoms with Gasteiger partial charge in [-0.2, -0.15) is 0 Å². The van der Waals surface area contributed by atoms with Crippen LogP contribution in [-0.2, 0) is 6.42 Å². The van der Waals surface area contributed by atoms with Crippen molar-refractivity contribution in [1.82, 2.24) is 5.43 Å². The summed E-state index contributed by atoms with van der Waals surface area (Å²) in [4.78, 5) is 0. The van der Waals surface area contributed by atoms with Crippen LogP contribution in [0.4, 0.5) is 0 Å². The molecule has 3 heteroatoms. The zero-order valence-corrected chi connectivity index (χ0v) is 9.31. The van der Waals surface area contributed by atoms with Crippen molar-refractivity contribution in [3.05, 3.63) is 59.5 Å². The Morgan fingerprint density at radius 3 is 2.69 bits per heavy atom. The zero-order chi connectivity index (χ0) is 11.4. The SMILES string of the molecule is CCc1ccccc1C(NN)c1ccco1. The van der Waals surface area contributed by atoms with Gasteiger partial charge < -0.3 is 4.42 Å². The van der Waals surface area contributed by atoms with Gasteiger partial charge in [-0.1, -0.05) is 31.2 Å². The first-order valence-corrected chi connectivity index (χ1v) is 5.44. The van der Waals surface area contributed by atoms with Crippen molar-refractivity contribution in [2.24, 2.45) is 5.84 Å². The molecule has 3 N–H and O–H groups in total. The van der Waals surface area contributed by atoms with Crippen molar-refractivity contribution >= 4 is 0 Å². The molecule has 2 rings (SSSR count). The Balaban J connectivity index is 2.41. The molecule has 1 heterocycles. The molecule has 3 nitrogen and oxygen atoms in total. The van der Waals surface area contributed by atoms with Crippen LogP contribution in [0.2, 0.25) is 0 Å². The summed E-state index contributed by atoms with van der Waals surface area (Å²) in [7, 11) is 0. The molecule has 84 valence electrons. The molecule has 0 saturated heterocycles. The molecule has 1 aromatic heterocycles. The van der Waals surface area contributed by atoms with Crippen molar-refractivity contribution < 1.29 is 4.42 Å². The van der Waals surface area contributed by atoms with Crippen molar-refractivity contribution in [2.45, 2.75) is 19.4 Å². The number of hydrazine groups is 1. The van der Waals surface area contributed by atoms with Crippen LogP contribution in [0.1, 0.15) is 29.9 Å². The van der Waals surface area contributed by atoms with Crippen molar-refractivity contribution in [3.63, 3.8) is 0 Å². The first kappa shape index (κ1) is 10.9. The Labute approximate surface area is 95.2 Å². The predicted molar refractivity (Wildman–Crippen MR) is 63.7 cm³/mol. The lowest BCUT2D eigenvalue weighted by molar-refractivity contribution is 0.451. The second-order valence-corrected chi connectivity index (χ2v) is 3.67. The van der Waals surface area contributed by atoms with E-state index in [2.05, 4.69) is 24.5 Å². The lowest BCUT2D eigenvalue weighted by atomic mass is 9.97. The Kier molecular flexibility index (Phi) is 3.39.